The van der Waals surface area contributed by atoms with Crippen LogP contribution < -0.4 is 10.2 Å². The molecule has 0 bridgehead atoms. The highest BCUT2D eigenvalue weighted by Crippen LogP contribution is 2.27. The van der Waals surface area contributed by atoms with Crippen molar-refractivity contribution in [1.82, 2.24) is 5.32 Å². The van der Waals surface area contributed by atoms with Gasteiger partial charge in [-0.25, -0.2) is 0 Å². The third kappa shape index (κ3) is 2.78. The van der Waals surface area contributed by atoms with Gasteiger partial charge in [-0.1, -0.05) is 25.1 Å². The number of fused-ring (bicyclic) bond motifs is 1. The second-order valence-corrected chi connectivity index (χ2v) is 4.39. The van der Waals surface area contributed by atoms with Crippen molar-refractivity contribution in [2.75, 3.05) is 24.5 Å². The van der Waals surface area contributed by atoms with Crippen LogP contribution in [0.15, 0.2) is 24.3 Å². The first-order valence-electron chi connectivity index (χ1n) is 6.31. The Morgan fingerprint density at radius 3 is 3.06 bits per heavy atom. The third-order valence-electron chi connectivity index (χ3n) is 3.28. The van der Waals surface area contributed by atoms with Gasteiger partial charge in [0.25, 0.3) is 0 Å². The van der Waals surface area contributed by atoms with E-state index in [1.165, 1.54) is 11.3 Å². The van der Waals surface area contributed by atoms with Gasteiger partial charge in [0.1, 0.15) is 0 Å². The number of hydrogen-bond acceptors (Lipinski definition) is 3. The van der Waals surface area contributed by atoms with Gasteiger partial charge in [0.2, 0.25) is 0 Å². The molecule has 3 nitrogen and oxygen atoms in total. The lowest BCUT2D eigenvalue weighted by molar-refractivity contribution is 0.577. The van der Waals surface area contributed by atoms with E-state index in [4.69, 9.17) is 5.26 Å². The summed E-state index contributed by atoms with van der Waals surface area (Å²) in [5, 5.41) is 12.2. The molecule has 1 aliphatic rings. The van der Waals surface area contributed by atoms with E-state index in [2.05, 4.69) is 40.6 Å². The standard InChI is InChI=1S/C14H19N3/c1-2-16-13(11-15)8-10-17-9-7-12-5-3-4-6-14(12)17/h3-6,13,16H,2,7-10H2,1H3. The normalized spacial score (nSPS) is 15.4. The third-order valence-corrected chi connectivity index (χ3v) is 3.28. The van der Waals surface area contributed by atoms with E-state index >= 15 is 0 Å². The molecule has 1 heterocycles. The number of para-hydroxylation sites is 1. The molecule has 3 heteroatoms. The fourth-order valence-electron chi connectivity index (χ4n) is 2.38. The van der Waals surface area contributed by atoms with Crippen LogP contribution in [0.2, 0.25) is 0 Å². The zero-order valence-electron chi connectivity index (χ0n) is 10.3. The Kier molecular flexibility index (Phi) is 4.00. The molecule has 0 amide bonds. The van der Waals surface area contributed by atoms with Gasteiger partial charge in [-0.15, -0.1) is 0 Å². The summed E-state index contributed by atoms with van der Waals surface area (Å²) in [5.74, 6) is 0. The van der Waals surface area contributed by atoms with Crippen LogP contribution in [0, 0.1) is 11.3 Å². The molecule has 2 rings (SSSR count). The Morgan fingerprint density at radius 1 is 1.47 bits per heavy atom. The first-order chi connectivity index (χ1) is 8.35. The van der Waals surface area contributed by atoms with Crippen LogP contribution in [0.5, 0.6) is 0 Å². The minimum atomic E-state index is -0.0206. The van der Waals surface area contributed by atoms with Gasteiger partial charge in [0, 0.05) is 18.8 Å². The van der Waals surface area contributed by atoms with Gasteiger partial charge in [-0.2, -0.15) is 5.26 Å². The molecule has 1 aromatic carbocycles. The molecule has 0 fully saturated rings. The van der Waals surface area contributed by atoms with Crippen molar-refractivity contribution in [3.63, 3.8) is 0 Å². The lowest BCUT2D eigenvalue weighted by Gasteiger charge is -2.21. The highest BCUT2D eigenvalue weighted by molar-refractivity contribution is 5.57. The van der Waals surface area contributed by atoms with Gasteiger partial charge in [0.15, 0.2) is 0 Å². The van der Waals surface area contributed by atoms with Gasteiger partial charge < -0.3 is 10.2 Å². The predicted octanol–water partition coefficient (Wildman–Crippen LogP) is 1.94. The number of nitrogens with one attached hydrogen (secondary N) is 1. The molecule has 1 aromatic rings. The van der Waals surface area contributed by atoms with Crippen molar-refractivity contribution in [1.29, 1.82) is 5.26 Å². The van der Waals surface area contributed by atoms with E-state index in [0.717, 1.165) is 32.5 Å². The average Bonchev–Trinajstić information content (AvgIpc) is 2.78. The highest BCUT2D eigenvalue weighted by Gasteiger charge is 2.18. The molecule has 1 N–H and O–H groups in total. The summed E-state index contributed by atoms with van der Waals surface area (Å²) in [5.41, 5.74) is 2.78. The molecule has 0 aliphatic carbocycles. The van der Waals surface area contributed by atoms with Crippen molar-refractivity contribution in [3.05, 3.63) is 29.8 Å². The predicted molar refractivity (Wildman–Crippen MR) is 70.1 cm³/mol. The van der Waals surface area contributed by atoms with Crippen LogP contribution in [0.25, 0.3) is 0 Å². The van der Waals surface area contributed by atoms with E-state index in [-0.39, 0.29) is 6.04 Å². The van der Waals surface area contributed by atoms with E-state index in [9.17, 15) is 0 Å². The molecular formula is C14H19N3. The zero-order valence-corrected chi connectivity index (χ0v) is 10.3. The van der Waals surface area contributed by atoms with Crippen LogP contribution in [-0.4, -0.2) is 25.7 Å². The number of nitrogens with zero attached hydrogens (tertiary/aromatic N) is 2. The Labute approximate surface area is 103 Å². The Morgan fingerprint density at radius 2 is 2.29 bits per heavy atom. The van der Waals surface area contributed by atoms with Crippen LogP contribution in [0.1, 0.15) is 18.9 Å². The molecule has 1 unspecified atom stereocenters. The summed E-state index contributed by atoms with van der Waals surface area (Å²) >= 11 is 0. The summed E-state index contributed by atoms with van der Waals surface area (Å²) in [7, 11) is 0. The molecule has 90 valence electrons. The molecule has 0 saturated heterocycles. The van der Waals surface area contributed by atoms with Gasteiger partial charge in [0.05, 0.1) is 12.1 Å². The van der Waals surface area contributed by atoms with Crippen LogP contribution in [-0.2, 0) is 6.42 Å². The number of nitriles is 1. The van der Waals surface area contributed by atoms with Crippen molar-refractivity contribution in [2.45, 2.75) is 25.8 Å². The first kappa shape index (κ1) is 11.9. The fourth-order valence-corrected chi connectivity index (χ4v) is 2.38. The van der Waals surface area contributed by atoms with Crippen molar-refractivity contribution in [2.24, 2.45) is 0 Å². The Hall–Kier alpha value is -1.53. The molecule has 0 spiro atoms. The number of benzene rings is 1. The Balaban J connectivity index is 1.92. The SMILES string of the molecule is CCNC(C#N)CCN1CCc2ccccc21. The quantitative estimate of drug-likeness (QED) is 0.838. The van der Waals surface area contributed by atoms with Gasteiger partial charge in [-0.3, -0.25) is 0 Å². The zero-order chi connectivity index (χ0) is 12.1. The number of hydrogen-bond donors (Lipinski definition) is 1. The van der Waals surface area contributed by atoms with Crippen LogP contribution >= 0.6 is 0 Å². The summed E-state index contributed by atoms with van der Waals surface area (Å²) in [4.78, 5) is 2.39. The second kappa shape index (κ2) is 5.70. The monoisotopic (exact) mass is 229 g/mol. The summed E-state index contributed by atoms with van der Waals surface area (Å²) in [6.07, 6.45) is 2.02. The maximum absolute atomic E-state index is 9.00. The topological polar surface area (TPSA) is 39.1 Å². The second-order valence-electron chi connectivity index (χ2n) is 4.39. The first-order valence-corrected chi connectivity index (χ1v) is 6.31. The minimum absolute atomic E-state index is 0.0206. The number of rotatable bonds is 5. The molecule has 17 heavy (non-hydrogen) atoms. The van der Waals surface area contributed by atoms with E-state index in [0.29, 0.717) is 0 Å². The summed E-state index contributed by atoms with van der Waals surface area (Å²) in [6.45, 7) is 4.94. The van der Waals surface area contributed by atoms with E-state index in [1.54, 1.807) is 0 Å². The molecule has 1 aliphatic heterocycles. The minimum Gasteiger partial charge on any atom is -0.371 e. The lowest BCUT2D eigenvalue weighted by Crippen LogP contribution is -2.32. The van der Waals surface area contributed by atoms with Crippen molar-refractivity contribution in [3.8, 4) is 6.07 Å². The maximum Gasteiger partial charge on any atom is 0.0969 e. The lowest BCUT2D eigenvalue weighted by atomic mass is 10.2. The smallest absolute Gasteiger partial charge is 0.0969 e. The van der Waals surface area contributed by atoms with E-state index in [1.807, 2.05) is 6.92 Å². The van der Waals surface area contributed by atoms with Crippen LogP contribution in [0.3, 0.4) is 0 Å². The molecule has 0 aromatic heterocycles. The van der Waals surface area contributed by atoms with Crippen molar-refractivity contribution < 1.29 is 0 Å². The molecule has 0 radical (unpaired) electrons. The molecule has 1 atom stereocenters. The van der Waals surface area contributed by atoms with Gasteiger partial charge in [-0.05, 0) is 31.0 Å². The fraction of sp³-hybridized carbons (Fsp3) is 0.500. The van der Waals surface area contributed by atoms with Gasteiger partial charge >= 0.3 is 0 Å². The molecule has 0 saturated carbocycles. The maximum atomic E-state index is 9.00. The van der Waals surface area contributed by atoms with Crippen LogP contribution in [0.4, 0.5) is 5.69 Å². The highest BCUT2D eigenvalue weighted by atomic mass is 15.1. The Bertz CT molecular complexity index is 408. The van der Waals surface area contributed by atoms with Crippen molar-refractivity contribution >= 4 is 5.69 Å². The largest absolute Gasteiger partial charge is 0.371 e. The average molecular weight is 229 g/mol. The molecular weight excluding hydrogens is 210 g/mol. The summed E-state index contributed by atoms with van der Waals surface area (Å²) < 4.78 is 0. The summed E-state index contributed by atoms with van der Waals surface area (Å²) in [6, 6.07) is 10.8. The van der Waals surface area contributed by atoms with E-state index < -0.39 is 0 Å². The number of anilines is 1.